The topological polar surface area (TPSA) is 146 Å². The Morgan fingerprint density at radius 2 is 1.23 bits per heavy atom. The largest absolute Gasteiger partial charge is 0.395 e. The van der Waals surface area contributed by atoms with Crippen molar-refractivity contribution in [3.8, 4) is 11.4 Å². The SMILES string of the molecule is Cn1ccc(S(=O)(=O)[C@H]2CCC3=Cc4c(cnn4-c4ccc(F)cc4)C[C@]3(CO)C2)n1.Cn1ccc(S[C@H]2CCC3=Cc4c(cnn4-c4ccc(F)cc4)C[C@]3(CO)C2)n1. The highest BCUT2D eigenvalue weighted by atomic mass is 32.2. The van der Waals surface area contributed by atoms with Gasteiger partial charge in [0.05, 0.1) is 53.6 Å². The molecule has 4 aliphatic carbocycles. The van der Waals surface area contributed by atoms with Crippen molar-refractivity contribution in [1.82, 2.24) is 39.1 Å². The fourth-order valence-corrected chi connectivity index (χ4v) is 12.6. The first-order chi connectivity index (χ1) is 28.9. The van der Waals surface area contributed by atoms with Crippen LogP contribution >= 0.6 is 11.8 Å². The third kappa shape index (κ3) is 7.37. The van der Waals surface area contributed by atoms with Crippen molar-refractivity contribution in [2.45, 2.75) is 71.9 Å². The van der Waals surface area contributed by atoms with Gasteiger partial charge in [0.1, 0.15) is 16.7 Å². The van der Waals surface area contributed by atoms with Crippen LogP contribution < -0.4 is 0 Å². The summed E-state index contributed by atoms with van der Waals surface area (Å²) in [6, 6.07) is 16.1. The Morgan fingerprint density at radius 3 is 1.73 bits per heavy atom. The number of hydrogen-bond donors (Lipinski definition) is 2. The number of rotatable bonds is 8. The zero-order valence-corrected chi connectivity index (χ0v) is 35.0. The molecule has 4 heterocycles. The van der Waals surface area contributed by atoms with Gasteiger partial charge >= 0.3 is 0 Å². The predicted molar refractivity (Wildman–Crippen MR) is 224 cm³/mol. The van der Waals surface area contributed by atoms with Gasteiger partial charge in [-0.2, -0.15) is 20.4 Å². The molecular weight excluding hydrogens is 807 g/mol. The highest BCUT2D eigenvalue weighted by molar-refractivity contribution is 7.99. The predicted octanol–water partition coefficient (Wildman–Crippen LogP) is 6.70. The molecule has 6 aromatic rings. The lowest BCUT2D eigenvalue weighted by molar-refractivity contribution is 0.130. The summed E-state index contributed by atoms with van der Waals surface area (Å²) in [5.41, 5.74) is 7.11. The lowest BCUT2D eigenvalue weighted by atomic mass is 9.65. The summed E-state index contributed by atoms with van der Waals surface area (Å²) in [6.45, 7) is 0.00746. The fraction of sp³-hybridized carbons (Fsp3) is 0.364. The lowest BCUT2D eigenvalue weighted by Gasteiger charge is -2.43. The molecule has 2 N–H and O–H groups in total. The summed E-state index contributed by atoms with van der Waals surface area (Å²) in [5.74, 6) is -0.564. The van der Waals surface area contributed by atoms with E-state index in [1.807, 2.05) is 52.7 Å². The maximum Gasteiger partial charge on any atom is 0.200 e. The molecule has 2 aromatic carbocycles. The summed E-state index contributed by atoms with van der Waals surface area (Å²) in [7, 11) is 0.0390. The maximum atomic E-state index is 13.3. The third-order valence-electron chi connectivity index (χ3n) is 12.7. The molecular formula is C44H46F2N8O4S2. The van der Waals surface area contributed by atoms with Gasteiger partial charge in [0, 0.05) is 42.6 Å². The first-order valence-electron chi connectivity index (χ1n) is 20.1. The van der Waals surface area contributed by atoms with Gasteiger partial charge in [-0.1, -0.05) is 11.1 Å². The number of hydrogen-bond acceptors (Lipinski definition) is 9. The van der Waals surface area contributed by atoms with Gasteiger partial charge in [0.15, 0.2) is 14.9 Å². The fourth-order valence-electron chi connectivity index (χ4n) is 9.48. The number of thioether (sulfide) groups is 1. The van der Waals surface area contributed by atoms with Crippen LogP contribution in [0.15, 0.2) is 107 Å². The maximum absolute atomic E-state index is 13.3. The molecule has 10 rings (SSSR count). The van der Waals surface area contributed by atoms with Crippen molar-refractivity contribution >= 4 is 33.8 Å². The van der Waals surface area contributed by atoms with E-state index in [4.69, 9.17) is 0 Å². The monoisotopic (exact) mass is 852 g/mol. The number of aliphatic hydroxyl groups excluding tert-OH is 2. The molecule has 4 aromatic heterocycles. The molecule has 0 spiro atoms. The van der Waals surface area contributed by atoms with Crippen molar-refractivity contribution in [3.63, 3.8) is 0 Å². The first-order valence-corrected chi connectivity index (χ1v) is 22.5. The number of nitrogens with zero attached hydrogens (tertiary/aromatic N) is 8. The molecule has 4 aliphatic rings. The number of aryl methyl sites for hydroxylation is 2. The average molecular weight is 853 g/mol. The van der Waals surface area contributed by atoms with Crippen LogP contribution in [-0.4, -0.2) is 81.5 Å². The molecule has 0 unspecified atom stereocenters. The second-order valence-electron chi connectivity index (χ2n) is 16.5. The summed E-state index contributed by atoms with van der Waals surface area (Å²) in [4.78, 5) is 0. The van der Waals surface area contributed by atoms with E-state index >= 15 is 0 Å². The van der Waals surface area contributed by atoms with Gasteiger partial charge in [-0.3, -0.25) is 9.36 Å². The molecule has 0 bridgehead atoms. The van der Waals surface area contributed by atoms with Crippen LogP contribution in [0, 0.1) is 22.5 Å². The molecule has 12 nitrogen and oxygen atoms in total. The molecule has 0 saturated heterocycles. The van der Waals surface area contributed by atoms with Gasteiger partial charge in [-0.15, -0.1) is 11.8 Å². The minimum atomic E-state index is -3.59. The molecule has 2 fully saturated rings. The van der Waals surface area contributed by atoms with E-state index in [2.05, 4.69) is 26.5 Å². The number of aromatic nitrogens is 8. The standard InChI is InChI=1S/C22H23FN4O3S.C22H23FN4OS/c1-26-9-8-21(25-26)31(29,30)19-7-2-16-10-20-15(11-22(16,12-19)14-28)13-24-27(20)18-5-3-17(23)4-6-18;1-26-9-8-21(25-26)29-19-7-2-16-10-20-15(11-22(16,12-19)14-28)13-24-27(20)18-5-3-17(23)4-6-18/h3-6,8-10,13,19,28H,2,7,11-12,14H2,1H3;3-6,8-10,13,19,28H,2,7,11-12,14H2,1H3/t2*19-,22+/m00/s1. The number of fused-ring (bicyclic) bond motifs is 4. The summed E-state index contributed by atoms with van der Waals surface area (Å²) >= 11 is 1.81. The van der Waals surface area contributed by atoms with Crippen molar-refractivity contribution in [1.29, 1.82) is 0 Å². The smallest absolute Gasteiger partial charge is 0.200 e. The Labute approximate surface area is 351 Å². The number of benzene rings is 2. The van der Waals surface area contributed by atoms with Gasteiger partial charge in [0.25, 0.3) is 0 Å². The van der Waals surface area contributed by atoms with Crippen LogP contribution in [-0.2, 0) is 36.8 Å². The summed E-state index contributed by atoms with van der Waals surface area (Å²) in [5, 5.41) is 39.4. The minimum absolute atomic E-state index is 0.0844. The van der Waals surface area contributed by atoms with E-state index in [1.165, 1.54) is 40.6 Å². The van der Waals surface area contributed by atoms with Crippen LogP contribution in [0.4, 0.5) is 8.78 Å². The number of halogens is 2. The summed E-state index contributed by atoms with van der Waals surface area (Å²) < 4.78 is 59.9. The second-order valence-corrected chi connectivity index (χ2v) is 20.0. The van der Waals surface area contributed by atoms with Gasteiger partial charge in [0.2, 0.25) is 0 Å². The van der Waals surface area contributed by atoms with Gasteiger partial charge in [-0.25, -0.2) is 26.6 Å². The highest BCUT2D eigenvalue weighted by Crippen LogP contribution is 2.52. The van der Waals surface area contributed by atoms with E-state index in [1.54, 1.807) is 48.4 Å². The number of sulfone groups is 1. The van der Waals surface area contributed by atoms with E-state index in [-0.39, 0.29) is 35.3 Å². The van der Waals surface area contributed by atoms with E-state index in [0.29, 0.717) is 30.9 Å². The molecule has 2 saturated carbocycles. The molecule has 312 valence electrons. The quantitative estimate of drug-likeness (QED) is 0.171. The normalized spacial score (nSPS) is 23.3. The van der Waals surface area contributed by atoms with Crippen LogP contribution in [0.25, 0.3) is 23.5 Å². The Morgan fingerprint density at radius 1 is 0.717 bits per heavy atom. The molecule has 0 radical (unpaired) electrons. The van der Waals surface area contributed by atoms with E-state index < -0.39 is 20.5 Å². The lowest BCUT2D eigenvalue weighted by Crippen LogP contribution is -2.42. The van der Waals surface area contributed by atoms with Crippen LogP contribution in [0.1, 0.15) is 61.0 Å². The van der Waals surface area contributed by atoms with Crippen molar-refractivity contribution in [3.05, 3.63) is 131 Å². The Kier molecular flexibility index (Phi) is 10.5. The third-order valence-corrected chi connectivity index (χ3v) is 15.9. The van der Waals surface area contributed by atoms with Crippen molar-refractivity contribution in [2.75, 3.05) is 13.2 Å². The Bertz CT molecular complexity index is 2720. The zero-order chi connectivity index (χ0) is 41.8. The number of aliphatic hydroxyl groups is 2. The van der Waals surface area contributed by atoms with Gasteiger partial charge in [-0.05, 0) is 135 Å². The van der Waals surface area contributed by atoms with Crippen molar-refractivity contribution < 1.29 is 27.4 Å². The Balaban J connectivity index is 0.000000154. The van der Waals surface area contributed by atoms with Crippen LogP contribution in [0.3, 0.4) is 0 Å². The van der Waals surface area contributed by atoms with E-state index in [9.17, 15) is 27.4 Å². The molecule has 4 atom stereocenters. The molecule has 0 amide bonds. The molecule has 16 heteroatoms. The molecule has 0 aliphatic heterocycles. The zero-order valence-electron chi connectivity index (χ0n) is 33.3. The molecule has 60 heavy (non-hydrogen) atoms. The van der Waals surface area contributed by atoms with E-state index in [0.717, 1.165) is 70.2 Å². The van der Waals surface area contributed by atoms with Crippen LogP contribution in [0.5, 0.6) is 0 Å². The second kappa shape index (κ2) is 15.7. The van der Waals surface area contributed by atoms with Crippen molar-refractivity contribution in [2.24, 2.45) is 24.9 Å². The summed E-state index contributed by atoms with van der Waals surface area (Å²) in [6.07, 6.45) is 17.1. The first kappa shape index (κ1) is 40.3. The van der Waals surface area contributed by atoms with Gasteiger partial charge < -0.3 is 10.2 Å². The Hall–Kier alpha value is -5.16. The average Bonchev–Trinajstić information content (AvgIpc) is 4.07. The minimum Gasteiger partial charge on any atom is -0.395 e. The van der Waals surface area contributed by atoms with Crippen LogP contribution in [0.2, 0.25) is 0 Å². The highest BCUT2D eigenvalue weighted by Gasteiger charge is 2.47.